The largest absolute Gasteiger partial charge is 0.497 e. The number of fused-ring (bicyclic) bond motifs is 1. The van der Waals surface area contributed by atoms with Crippen LogP contribution in [0.3, 0.4) is 0 Å². The van der Waals surface area contributed by atoms with E-state index in [4.69, 9.17) is 9.47 Å². The number of methoxy groups -OCH3 is 2. The molecule has 1 saturated heterocycles. The lowest BCUT2D eigenvalue weighted by Crippen LogP contribution is -2.38. The highest BCUT2D eigenvalue weighted by Crippen LogP contribution is 2.31. The van der Waals surface area contributed by atoms with Crippen molar-refractivity contribution in [2.45, 2.75) is 57.9 Å². The molecule has 7 heteroatoms. The lowest BCUT2D eigenvalue weighted by atomic mass is 9.87. The molecule has 2 aliphatic heterocycles. The Labute approximate surface area is 239 Å². The third kappa shape index (κ3) is 6.31. The van der Waals surface area contributed by atoms with Crippen molar-refractivity contribution in [2.75, 3.05) is 52.0 Å². The maximum absolute atomic E-state index is 5.65. The molecule has 2 fully saturated rings. The number of aromatic nitrogens is 2. The van der Waals surface area contributed by atoms with E-state index in [0.717, 1.165) is 60.8 Å². The van der Waals surface area contributed by atoms with Crippen LogP contribution in [0.15, 0.2) is 55.0 Å². The number of hydrogen-bond acceptors (Lipinski definition) is 6. The molecule has 0 N–H and O–H groups in total. The van der Waals surface area contributed by atoms with Gasteiger partial charge in [-0.05, 0) is 80.8 Å². The highest BCUT2D eigenvalue weighted by molar-refractivity contribution is 5.74. The molecule has 6 rings (SSSR count). The first kappa shape index (κ1) is 27.2. The molecule has 1 saturated carbocycles. The van der Waals surface area contributed by atoms with E-state index >= 15 is 0 Å². The monoisotopic (exact) mass is 543 g/mol. The smallest absolute Gasteiger partial charge is 0.127 e. The first-order valence-electron chi connectivity index (χ1n) is 15.2. The second-order valence-electron chi connectivity index (χ2n) is 12.0. The quantitative estimate of drug-likeness (QED) is 0.331. The molecule has 0 atom stereocenters. The first-order valence-corrected chi connectivity index (χ1v) is 15.2. The second kappa shape index (κ2) is 12.6. The Balaban J connectivity index is 1.08. The number of ether oxygens (including phenoxy) is 2. The summed E-state index contributed by atoms with van der Waals surface area (Å²) < 4.78 is 13.0. The van der Waals surface area contributed by atoms with Crippen LogP contribution in [0.1, 0.15) is 56.1 Å². The summed E-state index contributed by atoms with van der Waals surface area (Å²) in [6.07, 6.45) is 19.6. The summed E-state index contributed by atoms with van der Waals surface area (Å²) in [6.45, 7) is 6.39. The third-order valence-electron chi connectivity index (χ3n) is 9.24. The fraction of sp³-hybridized carbons (Fsp3) is 0.545. The molecule has 0 radical (unpaired) electrons. The number of rotatable bonds is 9. The van der Waals surface area contributed by atoms with Gasteiger partial charge in [-0.2, -0.15) is 5.10 Å². The highest BCUT2D eigenvalue weighted by atomic mass is 16.5. The standard InChI is InChI=1S/C33H45N5O2/c1-39-30-10-9-29(33(21-30)40-2)24-36-14-6-15-37(25-36)32-22-34-38-18-13-28(20-31(32)38)19-26-11-16-35(17-12-26)23-27-7-4-3-5-8-27/h6,9-10,13,15,18,20-22,26-27H,3-5,7-8,11-12,14,16-17,19,23-25H2,1-2H3. The van der Waals surface area contributed by atoms with Crippen LogP contribution in [0.25, 0.3) is 5.52 Å². The minimum Gasteiger partial charge on any atom is -0.497 e. The lowest BCUT2D eigenvalue weighted by Gasteiger charge is -2.35. The van der Waals surface area contributed by atoms with E-state index in [1.807, 2.05) is 22.8 Å². The van der Waals surface area contributed by atoms with Gasteiger partial charge in [-0.25, -0.2) is 4.52 Å². The summed E-state index contributed by atoms with van der Waals surface area (Å²) in [6, 6.07) is 10.7. The summed E-state index contributed by atoms with van der Waals surface area (Å²) in [5.41, 5.74) is 4.93. The van der Waals surface area contributed by atoms with Crippen molar-refractivity contribution in [2.24, 2.45) is 11.8 Å². The summed E-state index contributed by atoms with van der Waals surface area (Å²) >= 11 is 0. The highest BCUT2D eigenvalue weighted by Gasteiger charge is 2.24. The number of likely N-dealkylation sites (tertiary alicyclic amines) is 1. The zero-order valence-electron chi connectivity index (χ0n) is 24.3. The van der Waals surface area contributed by atoms with E-state index < -0.39 is 0 Å². The number of piperidine rings is 1. The molecule has 0 amide bonds. The molecule has 40 heavy (non-hydrogen) atoms. The molecule has 7 nitrogen and oxygen atoms in total. The van der Waals surface area contributed by atoms with Gasteiger partial charge < -0.3 is 19.3 Å². The summed E-state index contributed by atoms with van der Waals surface area (Å²) in [5, 5.41) is 4.68. The van der Waals surface area contributed by atoms with E-state index in [0.29, 0.717) is 0 Å². The maximum Gasteiger partial charge on any atom is 0.127 e. The molecular formula is C33H45N5O2. The summed E-state index contributed by atoms with van der Waals surface area (Å²) in [4.78, 5) is 7.48. The zero-order valence-corrected chi connectivity index (χ0v) is 24.3. The van der Waals surface area contributed by atoms with E-state index in [-0.39, 0.29) is 0 Å². The molecule has 1 aromatic carbocycles. The van der Waals surface area contributed by atoms with Crippen molar-refractivity contribution in [3.05, 3.63) is 66.1 Å². The number of anilines is 1. The Hall–Kier alpha value is -3.03. The van der Waals surface area contributed by atoms with E-state index in [2.05, 4.69) is 56.5 Å². The molecule has 4 heterocycles. The maximum atomic E-state index is 5.65. The van der Waals surface area contributed by atoms with E-state index in [1.165, 1.54) is 75.7 Å². The van der Waals surface area contributed by atoms with Gasteiger partial charge in [0.25, 0.3) is 0 Å². The number of hydrogen-bond donors (Lipinski definition) is 0. The molecule has 2 aromatic heterocycles. The Kier molecular flexibility index (Phi) is 8.59. The van der Waals surface area contributed by atoms with Gasteiger partial charge >= 0.3 is 0 Å². The van der Waals surface area contributed by atoms with Gasteiger partial charge in [0.15, 0.2) is 0 Å². The van der Waals surface area contributed by atoms with Crippen LogP contribution in [0, 0.1) is 11.8 Å². The molecule has 0 spiro atoms. The molecular weight excluding hydrogens is 498 g/mol. The number of nitrogens with zero attached hydrogens (tertiary/aromatic N) is 5. The molecule has 214 valence electrons. The van der Waals surface area contributed by atoms with Gasteiger partial charge in [0.05, 0.1) is 38.3 Å². The predicted molar refractivity (Wildman–Crippen MR) is 161 cm³/mol. The average molecular weight is 544 g/mol. The van der Waals surface area contributed by atoms with Gasteiger partial charge in [0.1, 0.15) is 11.5 Å². The first-order chi connectivity index (χ1) is 19.7. The Bertz CT molecular complexity index is 1290. The predicted octanol–water partition coefficient (Wildman–Crippen LogP) is 5.98. The van der Waals surface area contributed by atoms with E-state index in [9.17, 15) is 0 Å². The van der Waals surface area contributed by atoms with Crippen LogP contribution in [0.4, 0.5) is 5.69 Å². The van der Waals surface area contributed by atoms with Crippen LogP contribution < -0.4 is 14.4 Å². The molecule has 0 unspecified atom stereocenters. The van der Waals surface area contributed by atoms with Crippen LogP contribution in [-0.4, -0.2) is 66.5 Å². The molecule has 3 aliphatic rings. The number of benzene rings is 1. The third-order valence-corrected chi connectivity index (χ3v) is 9.24. The Morgan fingerprint density at radius 3 is 2.55 bits per heavy atom. The van der Waals surface area contributed by atoms with Crippen molar-refractivity contribution in [3.8, 4) is 11.5 Å². The van der Waals surface area contributed by atoms with Crippen LogP contribution in [0.5, 0.6) is 11.5 Å². The van der Waals surface area contributed by atoms with E-state index in [1.54, 1.807) is 14.2 Å². The Morgan fingerprint density at radius 2 is 1.75 bits per heavy atom. The number of pyridine rings is 1. The fourth-order valence-electron chi connectivity index (χ4n) is 6.94. The average Bonchev–Trinajstić information content (AvgIpc) is 3.42. The minimum atomic E-state index is 0.779. The van der Waals surface area contributed by atoms with Gasteiger partial charge in [-0.1, -0.05) is 31.4 Å². The van der Waals surface area contributed by atoms with Crippen LogP contribution in [0.2, 0.25) is 0 Å². The van der Waals surface area contributed by atoms with Crippen molar-refractivity contribution in [1.82, 2.24) is 19.4 Å². The van der Waals surface area contributed by atoms with Crippen molar-refractivity contribution >= 4 is 11.2 Å². The summed E-state index contributed by atoms with van der Waals surface area (Å²) in [5.74, 6) is 3.40. The summed E-state index contributed by atoms with van der Waals surface area (Å²) in [7, 11) is 3.41. The SMILES string of the molecule is COc1ccc(CN2CC=CN(c3cnn4ccc(CC5CCN(CC6CCCCC6)CC5)cc34)C2)c(OC)c1. The second-order valence-corrected chi connectivity index (χ2v) is 12.0. The van der Waals surface area contributed by atoms with Gasteiger partial charge in [-0.3, -0.25) is 4.90 Å². The fourth-order valence-corrected chi connectivity index (χ4v) is 6.94. The van der Waals surface area contributed by atoms with Crippen LogP contribution >= 0.6 is 0 Å². The zero-order chi connectivity index (χ0) is 27.3. The normalized spacial score (nSPS) is 19.9. The molecule has 0 bridgehead atoms. The van der Waals surface area contributed by atoms with Crippen molar-refractivity contribution < 1.29 is 9.47 Å². The van der Waals surface area contributed by atoms with Gasteiger partial charge in [-0.15, -0.1) is 0 Å². The Morgan fingerprint density at radius 1 is 0.900 bits per heavy atom. The van der Waals surface area contributed by atoms with Crippen molar-refractivity contribution in [1.29, 1.82) is 0 Å². The molecule has 1 aliphatic carbocycles. The topological polar surface area (TPSA) is 45.5 Å². The minimum absolute atomic E-state index is 0.779. The van der Waals surface area contributed by atoms with Gasteiger partial charge in [0, 0.05) is 43.7 Å². The van der Waals surface area contributed by atoms with Gasteiger partial charge in [0.2, 0.25) is 0 Å². The molecule has 3 aromatic rings. The lowest BCUT2D eigenvalue weighted by molar-refractivity contribution is 0.145. The van der Waals surface area contributed by atoms with Crippen LogP contribution in [-0.2, 0) is 13.0 Å². The van der Waals surface area contributed by atoms with Crippen molar-refractivity contribution in [3.63, 3.8) is 0 Å².